The second-order valence-electron chi connectivity index (χ2n) is 4.96. The van der Waals surface area contributed by atoms with Gasteiger partial charge in [-0.15, -0.1) is 0 Å². The first-order valence-electron chi connectivity index (χ1n) is 6.99. The van der Waals surface area contributed by atoms with Crippen LogP contribution in [0.5, 0.6) is 0 Å². The van der Waals surface area contributed by atoms with E-state index in [0.29, 0.717) is 21.2 Å². The highest BCUT2D eigenvalue weighted by molar-refractivity contribution is 9.10. The summed E-state index contributed by atoms with van der Waals surface area (Å²) in [4.78, 5) is 24.4. The number of ether oxygens (including phenoxy) is 1. The molecule has 2 aromatic carbocycles. The summed E-state index contributed by atoms with van der Waals surface area (Å²) in [7, 11) is 1.26. The van der Waals surface area contributed by atoms with E-state index in [9.17, 15) is 9.59 Å². The van der Waals surface area contributed by atoms with Crippen molar-refractivity contribution in [2.75, 3.05) is 7.11 Å². The quantitative estimate of drug-likeness (QED) is 0.720. The van der Waals surface area contributed by atoms with E-state index in [2.05, 4.69) is 21.2 Å². The van der Waals surface area contributed by atoms with Gasteiger partial charge in [0, 0.05) is 26.5 Å². The number of carbonyl (C=O) groups is 2. The van der Waals surface area contributed by atoms with Gasteiger partial charge in [-0.2, -0.15) is 0 Å². The second kappa shape index (κ2) is 8.51. The third kappa shape index (κ3) is 4.72. The molecular formula is C17H14BrCl2NO3. The minimum Gasteiger partial charge on any atom is -0.467 e. The first-order chi connectivity index (χ1) is 11.4. The van der Waals surface area contributed by atoms with Gasteiger partial charge >= 0.3 is 5.97 Å². The van der Waals surface area contributed by atoms with E-state index >= 15 is 0 Å². The average Bonchev–Trinajstić information content (AvgIpc) is 2.56. The normalized spacial score (nSPS) is 11.7. The lowest BCUT2D eigenvalue weighted by Crippen LogP contribution is -2.43. The third-order valence-electron chi connectivity index (χ3n) is 3.35. The number of nitrogens with one attached hydrogen (secondary N) is 1. The van der Waals surface area contributed by atoms with Gasteiger partial charge in [0.15, 0.2) is 0 Å². The Morgan fingerprint density at radius 3 is 2.38 bits per heavy atom. The first kappa shape index (κ1) is 18.8. The highest BCUT2D eigenvalue weighted by Gasteiger charge is 2.24. The van der Waals surface area contributed by atoms with Gasteiger partial charge in [-0.05, 0) is 35.9 Å². The van der Waals surface area contributed by atoms with Crippen molar-refractivity contribution < 1.29 is 14.3 Å². The predicted molar refractivity (Wildman–Crippen MR) is 97.6 cm³/mol. The summed E-state index contributed by atoms with van der Waals surface area (Å²) in [5.41, 5.74) is 0.995. The number of esters is 1. The van der Waals surface area contributed by atoms with Crippen LogP contribution in [0.4, 0.5) is 0 Å². The van der Waals surface area contributed by atoms with Crippen molar-refractivity contribution in [3.8, 4) is 0 Å². The first-order valence-corrected chi connectivity index (χ1v) is 8.54. The van der Waals surface area contributed by atoms with Crippen LogP contribution in [0.3, 0.4) is 0 Å². The molecule has 0 saturated heterocycles. The van der Waals surface area contributed by atoms with E-state index in [1.54, 1.807) is 42.5 Å². The maximum absolute atomic E-state index is 12.4. The van der Waals surface area contributed by atoms with Crippen LogP contribution in [0.15, 0.2) is 46.9 Å². The fourth-order valence-corrected chi connectivity index (χ4v) is 3.09. The SMILES string of the molecule is COC(=O)[C@H](Cc1c(Cl)cccc1Cl)NC(=O)c1cccc(Br)c1. The summed E-state index contributed by atoms with van der Waals surface area (Å²) in [6.45, 7) is 0. The Balaban J connectivity index is 2.23. The molecule has 24 heavy (non-hydrogen) atoms. The topological polar surface area (TPSA) is 55.4 Å². The van der Waals surface area contributed by atoms with E-state index in [-0.39, 0.29) is 6.42 Å². The van der Waals surface area contributed by atoms with Gasteiger partial charge in [0.2, 0.25) is 0 Å². The third-order valence-corrected chi connectivity index (χ3v) is 4.55. The molecule has 2 rings (SSSR count). The van der Waals surface area contributed by atoms with Crippen LogP contribution in [-0.4, -0.2) is 25.0 Å². The summed E-state index contributed by atoms with van der Waals surface area (Å²) in [5.74, 6) is -0.968. The zero-order valence-corrected chi connectivity index (χ0v) is 15.8. The molecule has 1 amide bonds. The standard InChI is InChI=1S/C17H14BrCl2NO3/c1-24-17(23)15(9-12-13(19)6-3-7-14(12)20)21-16(22)10-4-2-5-11(18)8-10/h2-8,15H,9H2,1H3,(H,21,22)/t15-/m0/s1. The predicted octanol–water partition coefficient (Wildman–Crippen LogP) is 4.27. The van der Waals surface area contributed by atoms with Gasteiger partial charge < -0.3 is 10.1 Å². The molecule has 1 atom stereocenters. The molecule has 1 N–H and O–H groups in total. The summed E-state index contributed by atoms with van der Waals surface area (Å²) >= 11 is 15.6. The van der Waals surface area contributed by atoms with Crippen LogP contribution < -0.4 is 5.32 Å². The number of rotatable bonds is 5. The Kier molecular flexibility index (Phi) is 6.66. The summed E-state index contributed by atoms with van der Waals surface area (Å²) in [5, 5.41) is 3.51. The second-order valence-corrected chi connectivity index (χ2v) is 6.69. The molecule has 0 aliphatic carbocycles. The maximum atomic E-state index is 12.4. The van der Waals surface area contributed by atoms with Gasteiger partial charge in [0.1, 0.15) is 6.04 Å². The van der Waals surface area contributed by atoms with E-state index in [1.165, 1.54) is 7.11 Å². The Hall–Kier alpha value is -1.56. The molecule has 0 aliphatic rings. The highest BCUT2D eigenvalue weighted by atomic mass is 79.9. The minimum atomic E-state index is -0.904. The Bertz CT molecular complexity index is 747. The van der Waals surface area contributed by atoms with Crippen molar-refractivity contribution in [3.05, 3.63) is 68.1 Å². The van der Waals surface area contributed by atoms with Crippen molar-refractivity contribution in [3.63, 3.8) is 0 Å². The lowest BCUT2D eigenvalue weighted by atomic mass is 10.0. The fraction of sp³-hybridized carbons (Fsp3) is 0.176. The van der Waals surface area contributed by atoms with Gasteiger partial charge in [-0.1, -0.05) is 51.3 Å². The fourth-order valence-electron chi connectivity index (χ4n) is 2.14. The van der Waals surface area contributed by atoms with E-state index in [0.717, 1.165) is 4.47 Å². The number of benzene rings is 2. The van der Waals surface area contributed by atoms with Crippen LogP contribution in [0, 0.1) is 0 Å². The molecule has 0 aromatic heterocycles. The van der Waals surface area contributed by atoms with Crippen LogP contribution in [0.1, 0.15) is 15.9 Å². The number of amides is 1. The number of halogens is 3. The van der Waals surface area contributed by atoms with Gasteiger partial charge in [-0.25, -0.2) is 4.79 Å². The molecule has 0 spiro atoms. The van der Waals surface area contributed by atoms with Gasteiger partial charge in [0.05, 0.1) is 7.11 Å². The maximum Gasteiger partial charge on any atom is 0.328 e. The van der Waals surface area contributed by atoms with Crippen LogP contribution in [-0.2, 0) is 16.0 Å². The number of carbonyl (C=O) groups excluding carboxylic acids is 2. The number of methoxy groups -OCH3 is 1. The summed E-state index contributed by atoms with van der Waals surface area (Å²) < 4.78 is 5.54. The Morgan fingerprint density at radius 2 is 1.79 bits per heavy atom. The molecule has 0 radical (unpaired) electrons. The van der Waals surface area contributed by atoms with E-state index in [1.807, 2.05) is 0 Å². The van der Waals surface area contributed by atoms with Crippen LogP contribution in [0.2, 0.25) is 10.0 Å². The molecule has 4 nitrogen and oxygen atoms in total. The average molecular weight is 431 g/mol. The van der Waals surface area contributed by atoms with Crippen molar-refractivity contribution in [2.45, 2.75) is 12.5 Å². The van der Waals surface area contributed by atoms with E-state index < -0.39 is 17.9 Å². The molecule has 0 aliphatic heterocycles. The lowest BCUT2D eigenvalue weighted by Gasteiger charge is -2.18. The molecule has 0 saturated carbocycles. The number of hydrogen-bond acceptors (Lipinski definition) is 3. The number of hydrogen-bond donors (Lipinski definition) is 1. The van der Waals surface area contributed by atoms with Gasteiger partial charge in [-0.3, -0.25) is 4.79 Å². The largest absolute Gasteiger partial charge is 0.467 e. The van der Waals surface area contributed by atoms with Crippen molar-refractivity contribution in [1.29, 1.82) is 0 Å². The molecular weight excluding hydrogens is 417 g/mol. The lowest BCUT2D eigenvalue weighted by molar-refractivity contribution is -0.142. The molecule has 0 heterocycles. The minimum absolute atomic E-state index is 0.130. The summed E-state index contributed by atoms with van der Waals surface area (Å²) in [6, 6.07) is 11.0. The molecule has 0 fully saturated rings. The molecule has 7 heteroatoms. The van der Waals surface area contributed by atoms with Gasteiger partial charge in [0.25, 0.3) is 5.91 Å². The van der Waals surface area contributed by atoms with Crippen molar-refractivity contribution in [1.82, 2.24) is 5.32 Å². The smallest absolute Gasteiger partial charge is 0.328 e. The Labute approximate surface area is 158 Å². The molecule has 2 aromatic rings. The van der Waals surface area contributed by atoms with E-state index in [4.69, 9.17) is 27.9 Å². The Morgan fingerprint density at radius 1 is 1.17 bits per heavy atom. The zero-order chi connectivity index (χ0) is 17.7. The highest BCUT2D eigenvalue weighted by Crippen LogP contribution is 2.26. The van der Waals surface area contributed by atoms with Crippen LogP contribution >= 0.6 is 39.1 Å². The molecule has 126 valence electrons. The van der Waals surface area contributed by atoms with Crippen molar-refractivity contribution >= 4 is 51.0 Å². The van der Waals surface area contributed by atoms with Crippen molar-refractivity contribution in [2.24, 2.45) is 0 Å². The summed E-state index contributed by atoms with van der Waals surface area (Å²) in [6.07, 6.45) is 0.130. The molecule has 0 unspecified atom stereocenters. The molecule has 0 bridgehead atoms. The monoisotopic (exact) mass is 429 g/mol. The van der Waals surface area contributed by atoms with Crippen LogP contribution in [0.25, 0.3) is 0 Å². The zero-order valence-electron chi connectivity index (χ0n) is 12.7.